The second-order valence-electron chi connectivity index (χ2n) is 6.03. The third-order valence-electron chi connectivity index (χ3n) is 4.39. The van der Waals surface area contributed by atoms with E-state index in [4.69, 9.17) is 4.98 Å². The Morgan fingerprint density at radius 3 is 3.00 bits per heavy atom. The fourth-order valence-corrected chi connectivity index (χ4v) is 4.04. The molecule has 23 heavy (non-hydrogen) atoms. The number of imidazole rings is 2. The van der Waals surface area contributed by atoms with Crippen LogP contribution in [0.4, 0.5) is 0 Å². The highest BCUT2D eigenvalue weighted by atomic mass is 32.1. The van der Waals surface area contributed by atoms with Gasteiger partial charge in [0.05, 0.1) is 35.4 Å². The summed E-state index contributed by atoms with van der Waals surface area (Å²) in [6, 6.07) is 6.08. The highest BCUT2D eigenvalue weighted by molar-refractivity contribution is 7.16. The zero-order valence-corrected chi connectivity index (χ0v) is 13.4. The molecule has 3 heterocycles. The Morgan fingerprint density at radius 2 is 2.22 bits per heavy atom. The second-order valence-corrected chi connectivity index (χ2v) is 7.02. The van der Waals surface area contributed by atoms with Gasteiger partial charge in [0.15, 0.2) is 0 Å². The van der Waals surface area contributed by atoms with Crippen molar-refractivity contribution in [1.82, 2.24) is 24.1 Å². The molecule has 0 unspecified atom stereocenters. The summed E-state index contributed by atoms with van der Waals surface area (Å²) in [5.41, 5.74) is 4.51. The number of nitrogens with zero attached hydrogens (tertiary/aromatic N) is 5. The SMILES string of the molecule is Cn1cnc2cc(-c3nc4sc(C5CC5)nn4c3CO)ccc21. The third kappa shape index (κ3) is 1.93. The molecule has 1 N–H and O–H groups in total. The maximum Gasteiger partial charge on any atom is 0.213 e. The molecule has 0 spiro atoms. The number of aliphatic hydroxyl groups is 1. The van der Waals surface area contributed by atoms with E-state index in [1.807, 2.05) is 29.8 Å². The minimum Gasteiger partial charge on any atom is -0.390 e. The molecule has 0 radical (unpaired) electrons. The molecule has 7 heteroatoms. The van der Waals surface area contributed by atoms with Crippen LogP contribution in [0.2, 0.25) is 0 Å². The first-order valence-corrected chi connectivity index (χ1v) is 8.47. The van der Waals surface area contributed by atoms with E-state index in [0.29, 0.717) is 5.92 Å². The van der Waals surface area contributed by atoms with Gasteiger partial charge in [0.2, 0.25) is 4.96 Å². The van der Waals surface area contributed by atoms with Gasteiger partial charge in [-0.2, -0.15) is 5.10 Å². The van der Waals surface area contributed by atoms with Crippen LogP contribution in [0, 0.1) is 0 Å². The molecule has 3 aromatic heterocycles. The zero-order valence-electron chi connectivity index (χ0n) is 12.6. The largest absolute Gasteiger partial charge is 0.390 e. The van der Waals surface area contributed by atoms with Crippen molar-refractivity contribution in [2.45, 2.75) is 25.4 Å². The highest BCUT2D eigenvalue weighted by Gasteiger charge is 2.29. The van der Waals surface area contributed by atoms with Gasteiger partial charge in [0, 0.05) is 18.5 Å². The average molecular weight is 325 g/mol. The normalized spacial score (nSPS) is 15.0. The number of aliphatic hydroxyl groups excluding tert-OH is 1. The summed E-state index contributed by atoms with van der Waals surface area (Å²) >= 11 is 1.63. The summed E-state index contributed by atoms with van der Waals surface area (Å²) in [6.45, 7) is -0.0788. The molecule has 0 atom stereocenters. The van der Waals surface area contributed by atoms with Gasteiger partial charge in [-0.3, -0.25) is 0 Å². The number of benzene rings is 1. The lowest BCUT2D eigenvalue weighted by Gasteiger charge is -2.02. The zero-order chi connectivity index (χ0) is 15.6. The van der Waals surface area contributed by atoms with Crippen molar-refractivity contribution in [3.63, 3.8) is 0 Å². The molecule has 0 bridgehead atoms. The van der Waals surface area contributed by atoms with Crippen molar-refractivity contribution >= 4 is 27.3 Å². The quantitative estimate of drug-likeness (QED) is 0.629. The fourth-order valence-electron chi connectivity index (χ4n) is 2.96. The maximum absolute atomic E-state index is 9.83. The van der Waals surface area contributed by atoms with Crippen molar-refractivity contribution in [3.05, 3.63) is 35.2 Å². The van der Waals surface area contributed by atoms with Crippen molar-refractivity contribution in [3.8, 4) is 11.3 Å². The number of hydrogen-bond donors (Lipinski definition) is 1. The van der Waals surface area contributed by atoms with Crippen molar-refractivity contribution in [2.75, 3.05) is 0 Å². The minimum absolute atomic E-state index is 0.0788. The third-order valence-corrected chi connectivity index (χ3v) is 5.46. The molecule has 0 saturated heterocycles. The van der Waals surface area contributed by atoms with Crippen LogP contribution in [0.1, 0.15) is 29.5 Å². The van der Waals surface area contributed by atoms with Gasteiger partial charge in [-0.05, 0) is 25.0 Å². The van der Waals surface area contributed by atoms with E-state index in [2.05, 4.69) is 10.1 Å². The maximum atomic E-state index is 9.83. The van der Waals surface area contributed by atoms with Gasteiger partial charge in [-0.25, -0.2) is 14.5 Å². The molecular weight excluding hydrogens is 310 g/mol. The highest BCUT2D eigenvalue weighted by Crippen LogP contribution is 2.42. The fraction of sp³-hybridized carbons (Fsp3) is 0.312. The van der Waals surface area contributed by atoms with E-state index in [0.717, 1.165) is 38.0 Å². The number of aromatic nitrogens is 5. The standard InChI is InChI=1S/C16H15N5OS/c1-20-8-17-11-6-10(4-5-12(11)20)14-13(7-22)21-16(18-14)23-15(19-21)9-2-3-9/h4-6,8-9,22H,2-3,7H2,1H3. The van der Waals surface area contributed by atoms with Crippen LogP contribution in [0.3, 0.4) is 0 Å². The van der Waals surface area contributed by atoms with Crippen LogP contribution >= 0.6 is 11.3 Å². The summed E-state index contributed by atoms with van der Waals surface area (Å²) in [7, 11) is 1.98. The Bertz CT molecular complexity index is 1040. The number of fused-ring (bicyclic) bond motifs is 2. The van der Waals surface area contributed by atoms with Crippen LogP contribution in [0.25, 0.3) is 27.3 Å². The number of hydrogen-bond acceptors (Lipinski definition) is 5. The van der Waals surface area contributed by atoms with Gasteiger partial charge in [-0.15, -0.1) is 0 Å². The Morgan fingerprint density at radius 1 is 1.35 bits per heavy atom. The van der Waals surface area contributed by atoms with E-state index in [9.17, 15) is 5.11 Å². The van der Waals surface area contributed by atoms with E-state index >= 15 is 0 Å². The predicted octanol–water partition coefficient (Wildman–Crippen LogP) is 2.71. The molecule has 6 nitrogen and oxygen atoms in total. The van der Waals surface area contributed by atoms with Gasteiger partial charge in [0.25, 0.3) is 0 Å². The van der Waals surface area contributed by atoms with Crippen LogP contribution in [0.15, 0.2) is 24.5 Å². The van der Waals surface area contributed by atoms with Crippen molar-refractivity contribution in [1.29, 1.82) is 0 Å². The summed E-state index contributed by atoms with van der Waals surface area (Å²) in [5.74, 6) is 0.599. The Hall–Kier alpha value is -2.25. The molecule has 116 valence electrons. The summed E-state index contributed by atoms with van der Waals surface area (Å²) < 4.78 is 3.79. The lowest BCUT2D eigenvalue weighted by molar-refractivity contribution is 0.275. The number of aryl methyl sites for hydroxylation is 1. The van der Waals surface area contributed by atoms with E-state index in [1.54, 1.807) is 22.2 Å². The van der Waals surface area contributed by atoms with Gasteiger partial charge in [-0.1, -0.05) is 17.4 Å². The van der Waals surface area contributed by atoms with E-state index in [-0.39, 0.29) is 6.61 Å². The Balaban J connectivity index is 1.69. The molecular formula is C16H15N5OS. The smallest absolute Gasteiger partial charge is 0.213 e. The molecule has 1 aliphatic rings. The first-order valence-electron chi connectivity index (χ1n) is 7.65. The lowest BCUT2D eigenvalue weighted by Crippen LogP contribution is -1.96. The molecule has 4 aromatic rings. The predicted molar refractivity (Wildman–Crippen MR) is 88.5 cm³/mol. The second kappa shape index (κ2) is 4.62. The van der Waals surface area contributed by atoms with Crippen LogP contribution in [-0.2, 0) is 13.7 Å². The molecule has 0 aliphatic heterocycles. The molecule has 5 rings (SSSR count). The lowest BCUT2D eigenvalue weighted by atomic mass is 10.1. The minimum atomic E-state index is -0.0788. The first-order chi connectivity index (χ1) is 11.2. The number of rotatable bonds is 3. The van der Waals surface area contributed by atoms with E-state index < -0.39 is 0 Å². The van der Waals surface area contributed by atoms with Gasteiger partial charge in [0.1, 0.15) is 5.01 Å². The van der Waals surface area contributed by atoms with Gasteiger partial charge >= 0.3 is 0 Å². The van der Waals surface area contributed by atoms with Crippen molar-refractivity contribution < 1.29 is 5.11 Å². The Kier molecular flexibility index (Phi) is 2.66. The topological polar surface area (TPSA) is 68.2 Å². The molecule has 0 amide bonds. The summed E-state index contributed by atoms with van der Waals surface area (Å²) in [5, 5.41) is 15.6. The van der Waals surface area contributed by atoms with Crippen LogP contribution in [-0.4, -0.2) is 29.3 Å². The summed E-state index contributed by atoms with van der Waals surface area (Å²) in [6.07, 6.45) is 4.24. The average Bonchev–Trinajstić information content (AvgIpc) is 3.10. The first kappa shape index (κ1) is 13.2. The van der Waals surface area contributed by atoms with Gasteiger partial charge < -0.3 is 9.67 Å². The van der Waals surface area contributed by atoms with Crippen molar-refractivity contribution in [2.24, 2.45) is 7.05 Å². The monoisotopic (exact) mass is 325 g/mol. The van der Waals surface area contributed by atoms with Crippen LogP contribution < -0.4 is 0 Å². The molecule has 1 aromatic carbocycles. The van der Waals surface area contributed by atoms with E-state index in [1.165, 1.54) is 12.8 Å². The molecule has 1 aliphatic carbocycles. The molecule has 1 fully saturated rings. The van der Waals surface area contributed by atoms with Crippen LogP contribution in [0.5, 0.6) is 0 Å². The molecule has 1 saturated carbocycles. The Labute approximate surface area is 136 Å². The summed E-state index contributed by atoms with van der Waals surface area (Å²) in [4.78, 5) is 9.98.